The van der Waals surface area contributed by atoms with E-state index in [4.69, 9.17) is 25.8 Å². The van der Waals surface area contributed by atoms with Crippen LogP contribution in [-0.4, -0.2) is 46.0 Å². The Morgan fingerprint density at radius 1 is 1.09 bits per heavy atom. The van der Waals surface area contributed by atoms with E-state index in [-0.39, 0.29) is 0 Å². The number of hydrogen-bond acceptors (Lipinski definition) is 5. The zero-order valence-electron chi connectivity index (χ0n) is 6.21. The third kappa shape index (κ3) is 1.52. The lowest BCUT2D eigenvalue weighted by Gasteiger charge is -2.37. The van der Waals surface area contributed by atoms with Crippen LogP contribution in [0.15, 0.2) is 0 Å². The molecule has 5 N–H and O–H groups in total. The van der Waals surface area contributed by atoms with Gasteiger partial charge in [-0.2, -0.15) is 0 Å². The molecule has 5 nitrogen and oxygen atoms in total. The van der Waals surface area contributed by atoms with Crippen molar-refractivity contribution in [1.29, 1.82) is 0 Å². The number of aliphatic hydroxyl groups excluding tert-OH is 3. The van der Waals surface area contributed by atoms with Crippen LogP contribution in [0.5, 0.6) is 0 Å². The van der Waals surface area contributed by atoms with E-state index in [9.17, 15) is 0 Å². The highest BCUT2D eigenvalue weighted by Gasteiger charge is 2.39. The van der Waals surface area contributed by atoms with E-state index in [0.717, 1.165) is 0 Å². The van der Waals surface area contributed by atoms with Crippen LogP contribution in [0.2, 0.25) is 0 Å². The van der Waals surface area contributed by atoms with E-state index in [1.165, 1.54) is 0 Å². The van der Waals surface area contributed by atoms with Crippen molar-refractivity contribution < 1.29 is 20.1 Å². The van der Waals surface area contributed by atoms with Gasteiger partial charge in [0.25, 0.3) is 0 Å². The van der Waals surface area contributed by atoms with Crippen molar-refractivity contribution >= 4 is 0 Å². The number of nitrogens with two attached hydrogens (primary N) is 1. The van der Waals surface area contributed by atoms with Crippen LogP contribution in [0.3, 0.4) is 0 Å². The maximum atomic E-state index is 9.14. The first-order chi connectivity index (χ1) is 5.04. The number of rotatable bonds is 0. The molecule has 0 bridgehead atoms. The Kier molecular flexibility index (Phi) is 2.46. The lowest BCUT2D eigenvalue weighted by molar-refractivity contribution is -0.215. The molecule has 0 radical (unpaired) electrons. The van der Waals surface area contributed by atoms with Crippen LogP contribution in [-0.2, 0) is 4.74 Å². The summed E-state index contributed by atoms with van der Waals surface area (Å²) in [4.78, 5) is 0. The standard InChI is InChI=1S/C6H13NO4/c1-2-3(8)4(9)5(10)6(7)11-2/h2-6,8-10H,7H2,1H3/t2?,3-,4+,5?,6?/m1/s1. The monoisotopic (exact) mass is 163 g/mol. The summed E-state index contributed by atoms with van der Waals surface area (Å²) in [5, 5.41) is 27.3. The van der Waals surface area contributed by atoms with Crippen LogP contribution in [0.4, 0.5) is 0 Å². The van der Waals surface area contributed by atoms with Crippen molar-refractivity contribution in [3.63, 3.8) is 0 Å². The van der Waals surface area contributed by atoms with Crippen molar-refractivity contribution in [1.82, 2.24) is 0 Å². The number of ether oxygens (including phenoxy) is 1. The molecule has 5 atom stereocenters. The molecule has 1 fully saturated rings. The second-order valence-corrected chi connectivity index (χ2v) is 2.78. The smallest absolute Gasteiger partial charge is 0.135 e. The fourth-order valence-electron chi connectivity index (χ4n) is 1.08. The largest absolute Gasteiger partial charge is 0.388 e. The molecule has 3 unspecified atom stereocenters. The molecular formula is C6H13NO4. The van der Waals surface area contributed by atoms with Gasteiger partial charge in [0.15, 0.2) is 0 Å². The van der Waals surface area contributed by atoms with Crippen molar-refractivity contribution in [3.05, 3.63) is 0 Å². The summed E-state index contributed by atoms with van der Waals surface area (Å²) in [6.45, 7) is 1.58. The fourth-order valence-corrected chi connectivity index (χ4v) is 1.08. The van der Waals surface area contributed by atoms with E-state index in [1.807, 2.05) is 0 Å². The zero-order chi connectivity index (χ0) is 8.59. The maximum Gasteiger partial charge on any atom is 0.135 e. The third-order valence-corrected chi connectivity index (χ3v) is 1.89. The van der Waals surface area contributed by atoms with Gasteiger partial charge in [-0.15, -0.1) is 0 Å². The predicted octanol–water partition coefficient (Wildman–Crippen LogP) is -2.23. The van der Waals surface area contributed by atoms with Crippen LogP contribution < -0.4 is 5.73 Å². The molecule has 1 rings (SSSR count). The highest BCUT2D eigenvalue weighted by atomic mass is 16.5. The maximum absolute atomic E-state index is 9.14. The second-order valence-electron chi connectivity index (χ2n) is 2.78. The van der Waals surface area contributed by atoms with Crippen molar-refractivity contribution in [2.75, 3.05) is 0 Å². The summed E-state index contributed by atoms with van der Waals surface area (Å²) in [7, 11) is 0. The number of aliphatic hydroxyl groups is 3. The average Bonchev–Trinajstić information content (AvgIpc) is 1.97. The molecule has 66 valence electrons. The van der Waals surface area contributed by atoms with Crippen LogP contribution in [0.25, 0.3) is 0 Å². The summed E-state index contributed by atoms with van der Waals surface area (Å²) >= 11 is 0. The van der Waals surface area contributed by atoms with E-state index in [0.29, 0.717) is 0 Å². The van der Waals surface area contributed by atoms with E-state index >= 15 is 0 Å². The Hall–Kier alpha value is -0.200. The molecule has 0 aromatic rings. The normalized spacial score (nSPS) is 52.6. The van der Waals surface area contributed by atoms with Gasteiger partial charge in [0.2, 0.25) is 0 Å². The first-order valence-corrected chi connectivity index (χ1v) is 3.49. The molecule has 0 saturated carbocycles. The molecule has 1 aliphatic heterocycles. The Bertz CT molecular complexity index is 129. The summed E-state index contributed by atoms with van der Waals surface area (Å²) in [6, 6.07) is 0. The topological polar surface area (TPSA) is 95.9 Å². The van der Waals surface area contributed by atoms with Gasteiger partial charge >= 0.3 is 0 Å². The molecule has 0 spiro atoms. The minimum absolute atomic E-state index is 0.539. The minimum atomic E-state index is -1.21. The summed E-state index contributed by atoms with van der Waals surface area (Å²) in [5.41, 5.74) is 5.28. The Labute approximate surface area is 64.4 Å². The van der Waals surface area contributed by atoms with Gasteiger partial charge in [0.1, 0.15) is 24.5 Å². The van der Waals surface area contributed by atoms with Crippen molar-refractivity contribution in [3.8, 4) is 0 Å². The molecule has 5 heteroatoms. The number of hydrogen-bond donors (Lipinski definition) is 4. The van der Waals surface area contributed by atoms with Gasteiger partial charge in [-0.3, -0.25) is 0 Å². The van der Waals surface area contributed by atoms with Gasteiger partial charge in [0.05, 0.1) is 6.10 Å². The zero-order valence-corrected chi connectivity index (χ0v) is 6.21. The van der Waals surface area contributed by atoms with Crippen LogP contribution in [0, 0.1) is 0 Å². The molecule has 1 heterocycles. The minimum Gasteiger partial charge on any atom is -0.388 e. The second kappa shape index (κ2) is 3.04. The SMILES string of the molecule is CC1OC(N)C(O)[C@@H](O)[C@@H]1O. The molecule has 0 aliphatic carbocycles. The summed E-state index contributed by atoms with van der Waals surface area (Å²) < 4.78 is 4.90. The third-order valence-electron chi connectivity index (χ3n) is 1.89. The van der Waals surface area contributed by atoms with E-state index in [2.05, 4.69) is 0 Å². The summed E-state index contributed by atoms with van der Waals surface area (Å²) in [5.74, 6) is 0. The van der Waals surface area contributed by atoms with Gasteiger partial charge in [-0.25, -0.2) is 0 Å². The van der Waals surface area contributed by atoms with Crippen molar-refractivity contribution in [2.45, 2.75) is 37.6 Å². The Morgan fingerprint density at radius 3 is 2.18 bits per heavy atom. The van der Waals surface area contributed by atoms with E-state index < -0.39 is 30.6 Å². The molecule has 1 aliphatic rings. The molecule has 11 heavy (non-hydrogen) atoms. The highest BCUT2D eigenvalue weighted by molar-refractivity contribution is 4.87. The molecule has 0 aromatic carbocycles. The lowest BCUT2D eigenvalue weighted by Crippen LogP contribution is -2.59. The van der Waals surface area contributed by atoms with E-state index in [1.54, 1.807) is 6.92 Å². The Morgan fingerprint density at radius 2 is 1.64 bits per heavy atom. The van der Waals surface area contributed by atoms with Gasteiger partial charge in [-0.05, 0) is 6.92 Å². The highest BCUT2D eigenvalue weighted by Crippen LogP contribution is 2.17. The lowest BCUT2D eigenvalue weighted by atomic mass is 9.99. The van der Waals surface area contributed by atoms with Crippen LogP contribution >= 0.6 is 0 Å². The first-order valence-electron chi connectivity index (χ1n) is 3.49. The van der Waals surface area contributed by atoms with Gasteiger partial charge in [-0.1, -0.05) is 0 Å². The van der Waals surface area contributed by atoms with Crippen LogP contribution in [0.1, 0.15) is 6.92 Å². The quantitative estimate of drug-likeness (QED) is 0.324. The van der Waals surface area contributed by atoms with Gasteiger partial charge < -0.3 is 25.8 Å². The molecular weight excluding hydrogens is 150 g/mol. The predicted molar refractivity (Wildman–Crippen MR) is 36.5 cm³/mol. The fraction of sp³-hybridized carbons (Fsp3) is 1.00. The molecule has 1 saturated heterocycles. The Balaban J connectivity index is 2.63. The van der Waals surface area contributed by atoms with Crippen molar-refractivity contribution in [2.24, 2.45) is 5.73 Å². The van der Waals surface area contributed by atoms with Gasteiger partial charge in [0, 0.05) is 0 Å². The molecule has 0 amide bonds. The average molecular weight is 163 g/mol. The first kappa shape index (κ1) is 8.89. The molecule has 0 aromatic heterocycles. The summed E-state index contributed by atoms with van der Waals surface area (Å²) in [6.07, 6.45) is -4.94.